The number of pyridine rings is 2. The van der Waals surface area contributed by atoms with Crippen LogP contribution >= 0.6 is 0 Å². The maximum Gasteiger partial charge on any atom is 0.433 e. The molecule has 1 amide bonds. The van der Waals surface area contributed by atoms with E-state index in [9.17, 15) is 26.7 Å². The van der Waals surface area contributed by atoms with Crippen LogP contribution in [0.15, 0.2) is 30.5 Å². The fourth-order valence-electron chi connectivity index (χ4n) is 3.42. The second kappa shape index (κ2) is 7.39. The van der Waals surface area contributed by atoms with Gasteiger partial charge in [0.05, 0.1) is 34.7 Å². The Morgan fingerprint density at radius 2 is 1.88 bits per heavy atom. The van der Waals surface area contributed by atoms with Gasteiger partial charge in [0, 0.05) is 31.1 Å². The van der Waals surface area contributed by atoms with E-state index < -0.39 is 36.1 Å². The van der Waals surface area contributed by atoms with Crippen LogP contribution in [-0.2, 0) is 19.8 Å². The standard InChI is InChI=1S/C20H15F5N6O/c1-30(8-9-3-4-15(20(23,24)25)29-17(9)22)19(32)10-5-11-14(6-13(10)21)28-18(26)12-7-27-31(2)16(11)12/h3-7H,8H2,1-2H3,(H2,26,28). The van der Waals surface area contributed by atoms with Crippen LogP contribution in [0.5, 0.6) is 0 Å². The Morgan fingerprint density at radius 3 is 2.53 bits per heavy atom. The highest BCUT2D eigenvalue weighted by molar-refractivity contribution is 6.10. The number of rotatable bonds is 3. The van der Waals surface area contributed by atoms with E-state index >= 15 is 0 Å². The number of nitrogens with two attached hydrogens (primary N) is 1. The smallest absolute Gasteiger partial charge is 0.383 e. The van der Waals surface area contributed by atoms with Gasteiger partial charge in [-0.1, -0.05) is 6.07 Å². The molecule has 0 atom stereocenters. The summed E-state index contributed by atoms with van der Waals surface area (Å²) in [5.74, 6) is -2.90. The molecule has 0 saturated carbocycles. The SMILES string of the molecule is CN(Cc1ccc(C(F)(F)F)nc1F)C(=O)c1cc2c(cc1F)nc(N)c1cnn(C)c12. The number of aryl methyl sites for hydroxylation is 1. The number of hydrogen-bond acceptors (Lipinski definition) is 5. The summed E-state index contributed by atoms with van der Waals surface area (Å²) in [5.41, 5.74) is 4.69. The van der Waals surface area contributed by atoms with Gasteiger partial charge in [0.1, 0.15) is 17.3 Å². The minimum atomic E-state index is -4.80. The second-order valence-corrected chi connectivity index (χ2v) is 7.18. The summed E-state index contributed by atoms with van der Waals surface area (Å²) in [6.45, 7) is -0.422. The van der Waals surface area contributed by atoms with E-state index in [1.165, 1.54) is 24.0 Å². The zero-order valence-electron chi connectivity index (χ0n) is 16.7. The third-order valence-corrected chi connectivity index (χ3v) is 5.00. The lowest BCUT2D eigenvalue weighted by Gasteiger charge is -2.19. The number of fused-ring (bicyclic) bond motifs is 3. The Bertz CT molecular complexity index is 1380. The number of anilines is 1. The van der Waals surface area contributed by atoms with Crippen molar-refractivity contribution in [3.8, 4) is 0 Å². The van der Waals surface area contributed by atoms with Gasteiger partial charge < -0.3 is 10.6 Å². The molecule has 0 aliphatic carbocycles. The predicted octanol–water partition coefficient (Wildman–Crippen LogP) is 3.67. The van der Waals surface area contributed by atoms with Crippen LogP contribution in [0.1, 0.15) is 21.6 Å². The summed E-state index contributed by atoms with van der Waals surface area (Å²) in [6.07, 6.45) is -3.31. The quantitative estimate of drug-likeness (QED) is 0.380. The number of aromatic nitrogens is 4. The van der Waals surface area contributed by atoms with Crippen molar-refractivity contribution in [2.45, 2.75) is 12.7 Å². The van der Waals surface area contributed by atoms with Crippen molar-refractivity contribution >= 4 is 33.5 Å². The lowest BCUT2D eigenvalue weighted by atomic mass is 10.1. The zero-order chi connectivity index (χ0) is 23.4. The molecule has 0 saturated heterocycles. The first-order chi connectivity index (χ1) is 15.0. The minimum absolute atomic E-state index is 0.154. The van der Waals surface area contributed by atoms with E-state index in [4.69, 9.17) is 5.73 Å². The average Bonchev–Trinajstić information content (AvgIpc) is 3.10. The number of amides is 1. The number of carbonyl (C=O) groups excluding carboxylic acids is 1. The fraction of sp³-hybridized carbons (Fsp3) is 0.200. The van der Waals surface area contributed by atoms with Crippen LogP contribution in [0.3, 0.4) is 0 Å². The maximum atomic E-state index is 14.7. The van der Waals surface area contributed by atoms with E-state index in [-0.39, 0.29) is 22.5 Å². The Labute approximate surface area is 177 Å². The van der Waals surface area contributed by atoms with E-state index in [1.807, 2.05) is 0 Å². The third kappa shape index (κ3) is 3.57. The molecule has 0 unspecified atom stereocenters. The third-order valence-electron chi connectivity index (χ3n) is 5.00. The zero-order valence-corrected chi connectivity index (χ0v) is 16.7. The molecule has 4 rings (SSSR count). The molecule has 7 nitrogen and oxygen atoms in total. The van der Waals surface area contributed by atoms with Crippen molar-refractivity contribution in [2.24, 2.45) is 7.05 Å². The van der Waals surface area contributed by atoms with Gasteiger partial charge in [-0.25, -0.2) is 14.4 Å². The van der Waals surface area contributed by atoms with Crippen molar-refractivity contribution in [3.05, 3.63) is 59.0 Å². The molecular formula is C20H15F5N6O. The lowest BCUT2D eigenvalue weighted by Crippen LogP contribution is -2.28. The molecule has 0 bridgehead atoms. The molecule has 0 fully saturated rings. The van der Waals surface area contributed by atoms with Gasteiger partial charge in [0.25, 0.3) is 5.91 Å². The summed E-state index contributed by atoms with van der Waals surface area (Å²) in [4.78, 5) is 20.9. The van der Waals surface area contributed by atoms with Gasteiger partial charge >= 0.3 is 6.18 Å². The highest BCUT2D eigenvalue weighted by Crippen LogP contribution is 2.30. The van der Waals surface area contributed by atoms with Crippen LogP contribution in [0.4, 0.5) is 27.8 Å². The number of halogens is 5. The van der Waals surface area contributed by atoms with Crippen LogP contribution in [0.2, 0.25) is 0 Å². The monoisotopic (exact) mass is 450 g/mol. The van der Waals surface area contributed by atoms with E-state index in [2.05, 4.69) is 15.1 Å². The van der Waals surface area contributed by atoms with Crippen LogP contribution in [0.25, 0.3) is 21.8 Å². The average molecular weight is 450 g/mol. The lowest BCUT2D eigenvalue weighted by molar-refractivity contribution is -0.141. The molecule has 0 spiro atoms. The molecule has 4 aromatic rings. The first-order valence-corrected chi connectivity index (χ1v) is 9.16. The summed E-state index contributed by atoms with van der Waals surface area (Å²) in [6, 6.07) is 3.85. The van der Waals surface area contributed by atoms with E-state index in [0.717, 1.165) is 17.0 Å². The topological polar surface area (TPSA) is 89.9 Å². The minimum Gasteiger partial charge on any atom is -0.383 e. The van der Waals surface area contributed by atoms with Crippen molar-refractivity contribution in [1.29, 1.82) is 0 Å². The van der Waals surface area contributed by atoms with Crippen molar-refractivity contribution in [3.63, 3.8) is 0 Å². The molecule has 0 aliphatic rings. The normalized spacial score (nSPS) is 12.0. The molecule has 0 radical (unpaired) electrons. The fourth-order valence-corrected chi connectivity index (χ4v) is 3.42. The van der Waals surface area contributed by atoms with Gasteiger partial charge in [0.15, 0.2) is 0 Å². The number of nitrogens with zero attached hydrogens (tertiary/aromatic N) is 5. The summed E-state index contributed by atoms with van der Waals surface area (Å²) in [7, 11) is 2.92. The number of benzene rings is 1. The summed E-state index contributed by atoms with van der Waals surface area (Å²) in [5, 5.41) is 5.06. The molecule has 32 heavy (non-hydrogen) atoms. The van der Waals surface area contributed by atoms with Crippen LogP contribution in [-0.4, -0.2) is 37.6 Å². The van der Waals surface area contributed by atoms with Crippen molar-refractivity contribution in [2.75, 3.05) is 12.8 Å². The number of hydrogen-bond donors (Lipinski definition) is 1. The number of alkyl halides is 3. The molecule has 3 aromatic heterocycles. The molecule has 166 valence electrons. The second-order valence-electron chi connectivity index (χ2n) is 7.18. The van der Waals surface area contributed by atoms with E-state index in [1.54, 1.807) is 7.05 Å². The number of carbonyl (C=O) groups is 1. The van der Waals surface area contributed by atoms with Gasteiger partial charge in [0.2, 0.25) is 5.95 Å². The van der Waals surface area contributed by atoms with Crippen LogP contribution < -0.4 is 5.73 Å². The van der Waals surface area contributed by atoms with Gasteiger partial charge in [-0.2, -0.15) is 22.7 Å². The molecule has 0 aliphatic heterocycles. The Kier molecular flexibility index (Phi) is 4.94. The van der Waals surface area contributed by atoms with Gasteiger partial charge in [-0.05, 0) is 12.1 Å². The largest absolute Gasteiger partial charge is 0.433 e. The summed E-state index contributed by atoms with van der Waals surface area (Å²) >= 11 is 0. The first kappa shape index (κ1) is 21.4. The first-order valence-electron chi connectivity index (χ1n) is 9.16. The van der Waals surface area contributed by atoms with Gasteiger partial charge in [-0.3, -0.25) is 9.48 Å². The molecule has 3 heterocycles. The van der Waals surface area contributed by atoms with Crippen molar-refractivity contribution in [1.82, 2.24) is 24.6 Å². The highest BCUT2D eigenvalue weighted by atomic mass is 19.4. The molecular weight excluding hydrogens is 435 g/mol. The van der Waals surface area contributed by atoms with Crippen LogP contribution in [0, 0.1) is 11.8 Å². The maximum absolute atomic E-state index is 14.7. The van der Waals surface area contributed by atoms with E-state index in [0.29, 0.717) is 22.4 Å². The number of nitrogen functional groups attached to an aromatic ring is 1. The Balaban J connectivity index is 1.70. The van der Waals surface area contributed by atoms with Crippen molar-refractivity contribution < 1.29 is 26.7 Å². The molecule has 2 N–H and O–H groups in total. The summed E-state index contributed by atoms with van der Waals surface area (Å²) < 4.78 is 68.3. The molecule has 1 aromatic carbocycles. The van der Waals surface area contributed by atoms with Gasteiger partial charge in [-0.15, -0.1) is 0 Å². The molecule has 12 heteroatoms. The Morgan fingerprint density at radius 1 is 1.16 bits per heavy atom. The predicted molar refractivity (Wildman–Crippen MR) is 105 cm³/mol. The highest BCUT2D eigenvalue weighted by Gasteiger charge is 2.33. The Hall–Kier alpha value is -3.83.